The number of nitriles is 2. The summed E-state index contributed by atoms with van der Waals surface area (Å²) in [5.41, 5.74) is 0. The lowest BCUT2D eigenvalue weighted by molar-refractivity contribution is 0.172. The van der Waals surface area contributed by atoms with E-state index in [1.54, 1.807) is 0 Å². The van der Waals surface area contributed by atoms with Gasteiger partial charge in [0, 0.05) is 0 Å². The molecule has 0 unspecified atom stereocenters. The maximum atomic E-state index is 8.72. The molecule has 1 aliphatic heterocycles. The molecule has 0 bridgehead atoms. The molecule has 64 valence electrons. The first-order valence-corrected chi connectivity index (χ1v) is 4.41. The van der Waals surface area contributed by atoms with Gasteiger partial charge in [0.1, 0.15) is 25.4 Å². The zero-order valence-corrected chi connectivity index (χ0v) is 7.35. The Hall–Kier alpha value is -1.72. The third kappa shape index (κ3) is 1.10. The van der Waals surface area contributed by atoms with E-state index in [4.69, 9.17) is 20.0 Å². The molecule has 0 saturated carbocycles. The Balaban J connectivity index is 2.60. The largest absolute Gasteiger partial charge is 0.484 e. The number of hydrogen-bond donors (Lipinski definition) is 0. The van der Waals surface area contributed by atoms with Crippen molar-refractivity contribution in [2.24, 2.45) is 0 Å². The molecule has 4 nitrogen and oxygen atoms in total. The van der Waals surface area contributed by atoms with Crippen LogP contribution in [0.4, 0.5) is 0 Å². The molecular weight excluding hydrogens is 188 g/mol. The average Bonchev–Trinajstić information content (AvgIpc) is 2.56. The van der Waals surface area contributed by atoms with E-state index in [9.17, 15) is 0 Å². The van der Waals surface area contributed by atoms with Gasteiger partial charge >= 0.3 is 0 Å². The van der Waals surface area contributed by atoms with Gasteiger partial charge in [-0.1, -0.05) is 0 Å². The summed E-state index contributed by atoms with van der Waals surface area (Å²) in [7, 11) is 0. The summed E-state index contributed by atoms with van der Waals surface area (Å²) in [6, 6.07) is 3.94. The monoisotopic (exact) mass is 192 g/mol. The molecule has 0 N–H and O–H groups in total. The van der Waals surface area contributed by atoms with Crippen LogP contribution in [0.1, 0.15) is 9.75 Å². The maximum absolute atomic E-state index is 8.72. The van der Waals surface area contributed by atoms with Crippen LogP contribution in [0.5, 0.6) is 11.5 Å². The predicted molar refractivity (Wildman–Crippen MR) is 44.7 cm³/mol. The molecule has 1 aromatic heterocycles. The Bertz CT molecular complexity index is 386. The quantitative estimate of drug-likeness (QED) is 0.620. The highest BCUT2D eigenvalue weighted by atomic mass is 32.1. The van der Waals surface area contributed by atoms with Crippen LogP contribution in [-0.4, -0.2) is 13.2 Å². The van der Waals surface area contributed by atoms with E-state index < -0.39 is 0 Å². The van der Waals surface area contributed by atoms with Crippen LogP contribution in [-0.2, 0) is 0 Å². The Kier molecular flexibility index (Phi) is 1.80. The van der Waals surface area contributed by atoms with E-state index in [2.05, 4.69) is 0 Å². The van der Waals surface area contributed by atoms with Crippen LogP contribution in [0.3, 0.4) is 0 Å². The van der Waals surface area contributed by atoms with Gasteiger partial charge in [-0.3, -0.25) is 0 Å². The summed E-state index contributed by atoms with van der Waals surface area (Å²) in [6.45, 7) is 0.868. The molecule has 0 aliphatic carbocycles. The molecule has 0 fully saturated rings. The fraction of sp³-hybridized carbons (Fsp3) is 0.250. The number of hydrogen-bond acceptors (Lipinski definition) is 5. The summed E-state index contributed by atoms with van der Waals surface area (Å²) in [4.78, 5) is 0.817. The van der Waals surface area contributed by atoms with Crippen molar-refractivity contribution in [2.45, 2.75) is 0 Å². The molecule has 0 saturated heterocycles. The van der Waals surface area contributed by atoms with E-state index in [1.807, 2.05) is 12.1 Å². The van der Waals surface area contributed by atoms with Gasteiger partial charge in [0.2, 0.25) is 0 Å². The first kappa shape index (κ1) is 7.90. The highest BCUT2D eigenvalue weighted by molar-refractivity contribution is 7.13. The van der Waals surface area contributed by atoms with Crippen molar-refractivity contribution in [1.29, 1.82) is 10.5 Å². The van der Waals surface area contributed by atoms with Crippen LogP contribution in [0.2, 0.25) is 0 Å². The first-order chi connectivity index (χ1) is 6.36. The van der Waals surface area contributed by atoms with Gasteiger partial charge in [0.15, 0.2) is 21.3 Å². The zero-order chi connectivity index (χ0) is 9.26. The average molecular weight is 192 g/mol. The minimum atomic E-state index is 0.409. The highest BCUT2D eigenvalue weighted by Crippen LogP contribution is 2.42. The van der Waals surface area contributed by atoms with E-state index in [-0.39, 0.29) is 0 Å². The Morgan fingerprint density at radius 2 is 1.46 bits per heavy atom. The van der Waals surface area contributed by atoms with Crippen LogP contribution in [0.15, 0.2) is 0 Å². The molecule has 0 aromatic carbocycles. The molecule has 0 radical (unpaired) electrons. The summed E-state index contributed by atoms with van der Waals surface area (Å²) in [6.07, 6.45) is 0. The van der Waals surface area contributed by atoms with Crippen molar-refractivity contribution in [3.05, 3.63) is 9.75 Å². The topological polar surface area (TPSA) is 66.0 Å². The number of thiophene rings is 1. The third-order valence-electron chi connectivity index (χ3n) is 1.60. The molecular formula is C8H4N2O2S. The van der Waals surface area contributed by atoms with Crippen LogP contribution < -0.4 is 9.47 Å². The van der Waals surface area contributed by atoms with E-state index >= 15 is 0 Å². The van der Waals surface area contributed by atoms with Crippen molar-refractivity contribution in [1.82, 2.24) is 0 Å². The number of rotatable bonds is 0. The van der Waals surface area contributed by atoms with Crippen LogP contribution in [0, 0.1) is 22.7 Å². The van der Waals surface area contributed by atoms with Crippen molar-refractivity contribution in [3.63, 3.8) is 0 Å². The minimum Gasteiger partial charge on any atom is -0.484 e. The lowest BCUT2D eigenvalue weighted by Gasteiger charge is -2.14. The van der Waals surface area contributed by atoms with E-state index in [1.165, 1.54) is 0 Å². The number of fused-ring (bicyclic) bond motifs is 1. The molecule has 5 heteroatoms. The number of nitrogens with zero attached hydrogens (tertiary/aromatic N) is 2. The van der Waals surface area contributed by atoms with E-state index in [0.717, 1.165) is 11.3 Å². The zero-order valence-electron chi connectivity index (χ0n) is 6.53. The molecule has 1 aliphatic rings. The molecule has 1 aromatic rings. The molecule has 0 atom stereocenters. The van der Waals surface area contributed by atoms with Gasteiger partial charge in [-0.15, -0.1) is 11.3 Å². The Morgan fingerprint density at radius 3 is 1.85 bits per heavy atom. The Morgan fingerprint density at radius 1 is 1.00 bits per heavy atom. The second-order valence-electron chi connectivity index (χ2n) is 2.34. The summed E-state index contributed by atoms with van der Waals surface area (Å²) in [5, 5.41) is 17.4. The molecule has 0 spiro atoms. The lowest BCUT2D eigenvalue weighted by Crippen LogP contribution is -2.15. The first-order valence-electron chi connectivity index (χ1n) is 3.59. The highest BCUT2D eigenvalue weighted by Gasteiger charge is 2.24. The molecule has 13 heavy (non-hydrogen) atoms. The van der Waals surface area contributed by atoms with Gasteiger partial charge in [-0.05, 0) is 0 Å². The third-order valence-corrected chi connectivity index (χ3v) is 2.56. The van der Waals surface area contributed by atoms with Gasteiger partial charge in [-0.2, -0.15) is 10.5 Å². The molecule has 0 amide bonds. The van der Waals surface area contributed by atoms with Crippen molar-refractivity contribution < 1.29 is 9.47 Å². The molecule has 2 heterocycles. The van der Waals surface area contributed by atoms with Crippen molar-refractivity contribution >= 4 is 11.3 Å². The van der Waals surface area contributed by atoms with Crippen molar-refractivity contribution in [3.8, 4) is 23.6 Å². The molecule has 2 rings (SSSR count). The van der Waals surface area contributed by atoms with Gasteiger partial charge in [0.25, 0.3) is 0 Å². The van der Waals surface area contributed by atoms with Crippen LogP contribution in [0.25, 0.3) is 0 Å². The Labute approximate surface area is 78.5 Å². The normalized spacial score (nSPS) is 13.1. The fourth-order valence-corrected chi connectivity index (χ4v) is 1.88. The predicted octanol–water partition coefficient (Wildman–Crippen LogP) is 1.26. The lowest BCUT2D eigenvalue weighted by atomic mass is 10.3. The van der Waals surface area contributed by atoms with Gasteiger partial charge in [0.05, 0.1) is 0 Å². The smallest absolute Gasteiger partial charge is 0.191 e. The standard InChI is InChI=1S/C8H4N2O2S/c9-3-5-7-8(6(4-10)13-5)12-2-1-11-7/h1-2H2. The summed E-state index contributed by atoms with van der Waals surface area (Å²) >= 11 is 1.10. The minimum absolute atomic E-state index is 0.409. The van der Waals surface area contributed by atoms with Gasteiger partial charge < -0.3 is 9.47 Å². The van der Waals surface area contributed by atoms with Crippen LogP contribution >= 0.6 is 11.3 Å². The van der Waals surface area contributed by atoms with E-state index in [0.29, 0.717) is 34.5 Å². The number of ether oxygens (including phenoxy) is 2. The summed E-state index contributed by atoms with van der Waals surface area (Å²) < 4.78 is 10.5. The second kappa shape index (κ2) is 2.96. The van der Waals surface area contributed by atoms with Gasteiger partial charge in [-0.25, -0.2) is 0 Å². The van der Waals surface area contributed by atoms with Crippen molar-refractivity contribution in [2.75, 3.05) is 13.2 Å². The maximum Gasteiger partial charge on any atom is 0.191 e. The fourth-order valence-electron chi connectivity index (χ4n) is 1.10. The second-order valence-corrected chi connectivity index (χ2v) is 3.36. The summed E-state index contributed by atoms with van der Waals surface area (Å²) in [5.74, 6) is 0.852. The SMILES string of the molecule is N#Cc1sc(C#N)c2c1OCCO2.